The average molecular weight is 359 g/mol. The normalized spacial score (nSPS) is 29.9. The molecule has 0 heterocycles. The van der Waals surface area contributed by atoms with Crippen molar-refractivity contribution in [2.75, 3.05) is 13.7 Å². The van der Waals surface area contributed by atoms with Gasteiger partial charge >= 0.3 is 0 Å². The summed E-state index contributed by atoms with van der Waals surface area (Å²) in [6, 6.07) is 7.07. The van der Waals surface area contributed by atoms with E-state index in [1.165, 1.54) is 63.4 Å². The summed E-state index contributed by atoms with van der Waals surface area (Å²) in [4.78, 5) is 0. The molecule has 0 N–H and O–H groups in total. The van der Waals surface area contributed by atoms with Gasteiger partial charge in [-0.15, -0.1) is 0 Å². The quantitative estimate of drug-likeness (QED) is 0.501. The lowest BCUT2D eigenvalue weighted by molar-refractivity contribution is 0.152. The van der Waals surface area contributed by atoms with Crippen LogP contribution in [-0.4, -0.2) is 13.7 Å². The van der Waals surface area contributed by atoms with E-state index in [1.807, 2.05) is 12.1 Å². The van der Waals surface area contributed by atoms with Gasteiger partial charge in [0.05, 0.1) is 6.61 Å². The fraction of sp³-hybridized carbons (Fsp3) is 0.667. The molecule has 0 atom stereocenters. The van der Waals surface area contributed by atoms with Crippen LogP contribution in [0.4, 0.5) is 4.39 Å². The molecule has 2 aliphatic carbocycles. The fourth-order valence-corrected chi connectivity index (χ4v) is 5.12. The molecule has 0 aliphatic heterocycles. The molecule has 0 aromatic heterocycles. The van der Waals surface area contributed by atoms with Gasteiger partial charge in [-0.1, -0.05) is 37.1 Å². The van der Waals surface area contributed by atoms with Gasteiger partial charge in [0.2, 0.25) is 0 Å². The minimum absolute atomic E-state index is 0.127. The van der Waals surface area contributed by atoms with E-state index in [1.54, 1.807) is 19.2 Å². The van der Waals surface area contributed by atoms with Crippen LogP contribution in [0.15, 0.2) is 36.4 Å². The van der Waals surface area contributed by atoms with Crippen LogP contribution in [-0.2, 0) is 11.2 Å². The van der Waals surface area contributed by atoms with Gasteiger partial charge in [-0.05, 0) is 92.7 Å². The van der Waals surface area contributed by atoms with Crippen LogP contribution in [0.5, 0.6) is 0 Å². The first-order chi connectivity index (χ1) is 12.7. The largest absolute Gasteiger partial charge is 0.381 e. The first kappa shape index (κ1) is 19.6. The molecule has 1 aromatic rings. The molecule has 0 radical (unpaired) electrons. The van der Waals surface area contributed by atoms with Crippen molar-refractivity contribution in [1.29, 1.82) is 0 Å². The Bertz CT molecular complexity index is 534. The molecular weight excluding hydrogens is 323 g/mol. The van der Waals surface area contributed by atoms with E-state index in [9.17, 15) is 4.39 Å². The highest BCUT2D eigenvalue weighted by molar-refractivity contribution is 5.16. The predicted molar refractivity (Wildman–Crippen MR) is 107 cm³/mol. The summed E-state index contributed by atoms with van der Waals surface area (Å²) in [5, 5.41) is 0. The van der Waals surface area contributed by atoms with Gasteiger partial charge in [-0.25, -0.2) is 4.39 Å². The van der Waals surface area contributed by atoms with Crippen LogP contribution in [0.1, 0.15) is 63.4 Å². The molecule has 3 rings (SSSR count). The number of hydrogen-bond donors (Lipinski definition) is 0. The van der Waals surface area contributed by atoms with Crippen molar-refractivity contribution in [2.45, 2.75) is 64.2 Å². The molecule has 0 unspecified atom stereocenters. The number of benzene rings is 1. The first-order valence-corrected chi connectivity index (χ1v) is 10.6. The van der Waals surface area contributed by atoms with Crippen LogP contribution in [0.3, 0.4) is 0 Å². The molecule has 0 amide bonds. The molecule has 2 heteroatoms. The molecule has 2 saturated carbocycles. The Morgan fingerprint density at radius 2 is 1.54 bits per heavy atom. The predicted octanol–water partition coefficient (Wildman–Crippen LogP) is 6.57. The minimum atomic E-state index is -0.127. The van der Waals surface area contributed by atoms with Gasteiger partial charge in [0.15, 0.2) is 0 Å². The summed E-state index contributed by atoms with van der Waals surface area (Å²) in [5.41, 5.74) is 1.29. The van der Waals surface area contributed by atoms with Crippen molar-refractivity contribution in [3.05, 3.63) is 47.8 Å². The van der Waals surface area contributed by atoms with Crippen molar-refractivity contribution in [1.82, 2.24) is 0 Å². The van der Waals surface area contributed by atoms with Crippen LogP contribution < -0.4 is 0 Å². The molecule has 2 fully saturated rings. The molecule has 1 aromatic carbocycles. The average Bonchev–Trinajstić information content (AvgIpc) is 2.69. The maximum Gasteiger partial charge on any atom is 0.123 e. The Kier molecular flexibility index (Phi) is 7.73. The van der Waals surface area contributed by atoms with E-state index in [0.29, 0.717) is 0 Å². The second-order valence-corrected chi connectivity index (χ2v) is 8.50. The maximum atomic E-state index is 13.0. The molecule has 144 valence electrons. The number of halogens is 1. The summed E-state index contributed by atoms with van der Waals surface area (Å²) in [6.45, 7) is 0.752. The summed E-state index contributed by atoms with van der Waals surface area (Å²) in [6.07, 6.45) is 18.2. The second kappa shape index (κ2) is 10.3. The zero-order valence-corrected chi connectivity index (χ0v) is 16.3. The number of ether oxygens (including phenoxy) is 1. The highest BCUT2D eigenvalue weighted by atomic mass is 19.1. The summed E-state index contributed by atoms with van der Waals surface area (Å²) >= 11 is 0. The third kappa shape index (κ3) is 5.94. The van der Waals surface area contributed by atoms with Gasteiger partial charge in [-0.2, -0.15) is 0 Å². The molecule has 0 spiro atoms. The lowest BCUT2D eigenvalue weighted by atomic mass is 9.68. The number of hydrogen-bond acceptors (Lipinski definition) is 1. The molecule has 0 bridgehead atoms. The molecule has 1 nitrogen and oxygen atoms in total. The Morgan fingerprint density at radius 3 is 2.15 bits per heavy atom. The van der Waals surface area contributed by atoms with E-state index in [-0.39, 0.29) is 5.82 Å². The van der Waals surface area contributed by atoms with Crippen LogP contribution in [0.25, 0.3) is 0 Å². The molecule has 0 saturated heterocycles. The minimum Gasteiger partial charge on any atom is -0.381 e. The van der Waals surface area contributed by atoms with E-state index >= 15 is 0 Å². The number of rotatable bonds is 7. The van der Waals surface area contributed by atoms with Crippen LogP contribution in [0.2, 0.25) is 0 Å². The third-order valence-corrected chi connectivity index (χ3v) is 6.80. The highest BCUT2D eigenvalue weighted by Gasteiger charge is 2.30. The fourth-order valence-electron chi connectivity index (χ4n) is 5.12. The maximum absolute atomic E-state index is 13.0. The first-order valence-electron chi connectivity index (χ1n) is 10.6. The van der Waals surface area contributed by atoms with Gasteiger partial charge in [0.1, 0.15) is 5.82 Å². The molecule has 26 heavy (non-hydrogen) atoms. The van der Waals surface area contributed by atoms with Crippen molar-refractivity contribution in [2.24, 2.45) is 23.7 Å². The summed E-state index contributed by atoms with van der Waals surface area (Å²) in [7, 11) is 1.76. The SMILES string of the molecule is COCC=C[C@H]1CC[C@H]([C@H]2CC[C@H](CCc3ccc(F)cc3)CC2)CC1. The summed E-state index contributed by atoms with van der Waals surface area (Å²) < 4.78 is 18.1. The Balaban J connectivity index is 1.34. The Morgan fingerprint density at radius 1 is 0.923 bits per heavy atom. The molecule has 2 aliphatic rings. The Hall–Kier alpha value is -1.15. The topological polar surface area (TPSA) is 9.23 Å². The van der Waals surface area contributed by atoms with Crippen molar-refractivity contribution < 1.29 is 9.13 Å². The highest BCUT2D eigenvalue weighted by Crippen LogP contribution is 2.42. The van der Waals surface area contributed by atoms with Gasteiger partial charge < -0.3 is 4.74 Å². The standard InChI is InChI=1S/C24H35FO/c1-26-18-2-3-19-6-12-22(13-7-19)23-14-8-20(9-15-23)4-5-21-10-16-24(25)17-11-21/h2-3,10-11,16-17,19-20,22-23H,4-9,12-15,18H2,1H3/t19-,20-,22-,23-. The van der Waals surface area contributed by atoms with Crippen LogP contribution in [0, 0.1) is 29.5 Å². The zero-order chi connectivity index (χ0) is 18.2. The zero-order valence-electron chi connectivity index (χ0n) is 16.3. The van der Waals surface area contributed by atoms with Crippen LogP contribution >= 0.6 is 0 Å². The van der Waals surface area contributed by atoms with Gasteiger partial charge in [0, 0.05) is 7.11 Å². The second-order valence-electron chi connectivity index (χ2n) is 8.50. The van der Waals surface area contributed by atoms with Crippen molar-refractivity contribution in [3.63, 3.8) is 0 Å². The number of aryl methyl sites for hydroxylation is 1. The van der Waals surface area contributed by atoms with Gasteiger partial charge in [-0.3, -0.25) is 0 Å². The molecular formula is C24H35FO. The lowest BCUT2D eigenvalue weighted by Gasteiger charge is -2.37. The van der Waals surface area contributed by atoms with Gasteiger partial charge in [0.25, 0.3) is 0 Å². The van der Waals surface area contributed by atoms with E-state index in [4.69, 9.17) is 4.74 Å². The number of methoxy groups -OCH3 is 1. The van der Waals surface area contributed by atoms with E-state index < -0.39 is 0 Å². The Labute approximate surface area is 159 Å². The van der Waals surface area contributed by atoms with E-state index in [2.05, 4.69) is 12.2 Å². The smallest absolute Gasteiger partial charge is 0.123 e. The number of allylic oxidation sites excluding steroid dienone is 1. The lowest BCUT2D eigenvalue weighted by Crippen LogP contribution is -2.25. The third-order valence-electron chi connectivity index (χ3n) is 6.80. The van der Waals surface area contributed by atoms with E-state index in [0.717, 1.165) is 36.7 Å². The summed E-state index contributed by atoms with van der Waals surface area (Å²) in [5.74, 6) is 3.48. The van der Waals surface area contributed by atoms with Crippen molar-refractivity contribution in [3.8, 4) is 0 Å². The van der Waals surface area contributed by atoms with Crippen molar-refractivity contribution >= 4 is 0 Å². The monoisotopic (exact) mass is 358 g/mol.